The highest BCUT2D eigenvalue weighted by atomic mass is 35.5. The normalized spacial score (nSPS) is 21.0. The molecule has 0 radical (unpaired) electrons. The molecule has 0 amide bonds. The summed E-state index contributed by atoms with van der Waals surface area (Å²) in [7, 11) is 0. The Morgan fingerprint density at radius 3 is 3.05 bits per heavy atom. The number of pyridine rings is 1. The SMILES string of the molecule is O=C(O)C[C@H]1CCCN(Cc2ccncc2Cl)CC1. The predicted molar refractivity (Wildman–Crippen MR) is 74.1 cm³/mol. The van der Waals surface area contributed by atoms with E-state index >= 15 is 0 Å². The standard InChI is InChI=1S/C14H19ClN2O2/c15-13-9-16-5-3-12(13)10-17-6-1-2-11(4-7-17)8-14(18)19/h3,5,9,11H,1-2,4,6-8,10H2,(H,18,19)/t11-/m0/s1. The predicted octanol–water partition coefficient (Wildman–Crippen LogP) is 2.81. The quantitative estimate of drug-likeness (QED) is 0.923. The van der Waals surface area contributed by atoms with Crippen molar-refractivity contribution < 1.29 is 9.90 Å². The highest BCUT2D eigenvalue weighted by molar-refractivity contribution is 6.31. The van der Waals surface area contributed by atoms with Crippen molar-refractivity contribution in [2.45, 2.75) is 32.2 Å². The molecule has 0 unspecified atom stereocenters. The molecule has 19 heavy (non-hydrogen) atoms. The number of hydrogen-bond acceptors (Lipinski definition) is 3. The number of carboxylic acids is 1. The van der Waals surface area contributed by atoms with Crippen LogP contribution in [-0.4, -0.2) is 34.0 Å². The summed E-state index contributed by atoms with van der Waals surface area (Å²) in [5.41, 5.74) is 1.09. The van der Waals surface area contributed by atoms with Crippen molar-refractivity contribution in [3.63, 3.8) is 0 Å². The minimum Gasteiger partial charge on any atom is -0.481 e. The Morgan fingerprint density at radius 2 is 2.32 bits per heavy atom. The zero-order valence-corrected chi connectivity index (χ0v) is 11.6. The van der Waals surface area contributed by atoms with Crippen molar-refractivity contribution >= 4 is 17.6 Å². The summed E-state index contributed by atoms with van der Waals surface area (Å²) < 4.78 is 0. The first-order valence-electron chi connectivity index (χ1n) is 6.67. The van der Waals surface area contributed by atoms with Crippen LogP contribution < -0.4 is 0 Å². The Labute approximate surface area is 118 Å². The number of carbonyl (C=O) groups is 1. The van der Waals surface area contributed by atoms with Gasteiger partial charge in [0.25, 0.3) is 0 Å². The van der Waals surface area contributed by atoms with Gasteiger partial charge in [-0.15, -0.1) is 0 Å². The average molecular weight is 283 g/mol. The monoisotopic (exact) mass is 282 g/mol. The van der Waals surface area contributed by atoms with Crippen molar-refractivity contribution in [1.29, 1.82) is 0 Å². The smallest absolute Gasteiger partial charge is 0.303 e. The van der Waals surface area contributed by atoms with Crippen LogP contribution in [0.15, 0.2) is 18.5 Å². The van der Waals surface area contributed by atoms with E-state index in [9.17, 15) is 4.79 Å². The fraction of sp³-hybridized carbons (Fsp3) is 0.571. The molecule has 2 rings (SSSR count). The molecule has 1 N–H and O–H groups in total. The van der Waals surface area contributed by atoms with Gasteiger partial charge < -0.3 is 5.11 Å². The number of aliphatic carboxylic acids is 1. The molecular formula is C14H19ClN2O2. The summed E-state index contributed by atoms with van der Waals surface area (Å²) in [4.78, 5) is 17.1. The Kier molecular flexibility index (Phi) is 5.16. The van der Waals surface area contributed by atoms with E-state index in [4.69, 9.17) is 16.7 Å². The zero-order chi connectivity index (χ0) is 13.7. The molecule has 1 aliphatic rings. The van der Waals surface area contributed by atoms with Gasteiger partial charge in [0.1, 0.15) is 0 Å². The first-order valence-corrected chi connectivity index (χ1v) is 7.05. The third-order valence-corrected chi connectivity index (χ3v) is 3.99. The van der Waals surface area contributed by atoms with Crippen LogP contribution in [0.5, 0.6) is 0 Å². The molecule has 0 saturated carbocycles. The summed E-state index contributed by atoms with van der Waals surface area (Å²) in [5, 5.41) is 9.56. The lowest BCUT2D eigenvalue weighted by molar-refractivity contribution is -0.138. The zero-order valence-electron chi connectivity index (χ0n) is 10.9. The second kappa shape index (κ2) is 6.87. The molecule has 1 aliphatic heterocycles. The van der Waals surface area contributed by atoms with Gasteiger partial charge in [0.15, 0.2) is 0 Å². The van der Waals surface area contributed by atoms with Crippen LogP contribution in [0.4, 0.5) is 0 Å². The second-order valence-electron chi connectivity index (χ2n) is 5.14. The van der Waals surface area contributed by atoms with Crippen LogP contribution in [-0.2, 0) is 11.3 Å². The van der Waals surface area contributed by atoms with Gasteiger partial charge >= 0.3 is 5.97 Å². The largest absolute Gasteiger partial charge is 0.481 e. The first-order chi connectivity index (χ1) is 9.15. The average Bonchev–Trinajstić information content (AvgIpc) is 2.57. The van der Waals surface area contributed by atoms with Gasteiger partial charge in [0.05, 0.1) is 5.02 Å². The molecule has 2 heterocycles. The van der Waals surface area contributed by atoms with Gasteiger partial charge in [0, 0.05) is 25.4 Å². The van der Waals surface area contributed by atoms with E-state index in [1.165, 1.54) is 0 Å². The molecule has 1 aromatic rings. The van der Waals surface area contributed by atoms with Crippen molar-refractivity contribution in [3.8, 4) is 0 Å². The molecule has 0 bridgehead atoms. The van der Waals surface area contributed by atoms with E-state index < -0.39 is 5.97 Å². The van der Waals surface area contributed by atoms with Crippen molar-refractivity contribution in [2.75, 3.05) is 13.1 Å². The Hall–Kier alpha value is -1.13. The van der Waals surface area contributed by atoms with Gasteiger partial charge in [-0.2, -0.15) is 0 Å². The van der Waals surface area contributed by atoms with Crippen LogP contribution in [0.25, 0.3) is 0 Å². The number of rotatable bonds is 4. The lowest BCUT2D eigenvalue weighted by Gasteiger charge is -2.20. The third-order valence-electron chi connectivity index (χ3n) is 3.65. The van der Waals surface area contributed by atoms with Crippen molar-refractivity contribution in [3.05, 3.63) is 29.0 Å². The lowest BCUT2D eigenvalue weighted by atomic mass is 9.97. The Balaban J connectivity index is 1.89. The number of likely N-dealkylation sites (tertiary alicyclic amines) is 1. The Morgan fingerprint density at radius 1 is 1.47 bits per heavy atom. The van der Waals surface area contributed by atoms with Gasteiger partial charge in [-0.3, -0.25) is 14.7 Å². The van der Waals surface area contributed by atoms with E-state index in [2.05, 4.69) is 9.88 Å². The van der Waals surface area contributed by atoms with Gasteiger partial charge in [-0.05, 0) is 49.9 Å². The highest BCUT2D eigenvalue weighted by Crippen LogP contribution is 2.23. The van der Waals surface area contributed by atoms with Crippen LogP contribution in [0.2, 0.25) is 5.02 Å². The van der Waals surface area contributed by atoms with Crippen LogP contribution >= 0.6 is 11.6 Å². The van der Waals surface area contributed by atoms with E-state index in [1.54, 1.807) is 12.4 Å². The molecule has 4 nitrogen and oxygen atoms in total. The third kappa shape index (κ3) is 4.48. The van der Waals surface area contributed by atoms with Crippen LogP contribution in [0, 0.1) is 5.92 Å². The van der Waals surface area contributed by atoms with Crippen molar-refractivity contribution in [1.82, 2.24) is 9.88 Å². The topological polar surface area (TPSA) is 53.4 Å². The minimum absolute atomic E-state index is 0.295. The van der Waals surface area contributed by atoms with Gasteiger partial charge in [-0.1, -0.05) is 11.6 Å². The highest BCUT2D eigenvalue weighted by Gasteiger charge is 2.19. The number of hydrogen-bond donors (Lipinski definition) is 1. The van der Waals surface area contributed by atoms with Gasteiger partial charge in [0.2, 0.25) is 0 Å². The van der Waals surface area contributed by atoms with E-state index in [-0.39, 0.29) is 0 Å². The van der Waals surface area contributed by atoms with E-state index in [1.807, 2.05) is 6.07 Å². The lowest BCUT2D eigenvalue weighted by Crippen LogP contribution is -2.24. The maximum Gasteiger partial charge on any atom is 0.303 e. The molecule has 104 valence electrons. The molecule has 0 aliphatic carbocycles. The fourth-order valence-corrected chi connectivity index (χ4v) is 2.79. The number of carboxylic acid groups (broad SMARTS) is 1. The van der Waals surface area contributed by atoms with Crippen LogP contribution in [0.1, 0.15) is 31.2 Å². The van der Waals surface area contributed by atoms with Crippen LogP contribution in [0.3, 0.4) is 0 Å². The number of aromatic nitrogens is 1. The summed E-state index contributed by atoms with van der Waals surface area (Å²) in [6, 6.07) is 1.95. The maximum absolute atomic E-state index is 10.8. The molecule has 1 atom stereocenters. The molecule has 0 aromatic carbocycles. The maximum atomic E-state index is 10.8. The molecule has 5 heteroatoms. The Bertz CT molecular complexity index is 439. The van der Waals surface area contributed by atoms with Gasteiger partial charge in [-0.25, -0.2) is 0 Å². The molecule has 1 aromatic heterocycles. The minimum atomic E-state index is -0.685. The molecule has 1 fully saturated rings. The summed E-state index contributed by atoms with van der Waals surface area (Å²) in [5.74, 6) is -0.369. The number of nitrogens with zero attached hydrogens (tertiary/aromatic N) is 2. The molecular weight excluding hydrogens is 264 g/mol. The summed E-state index contributed by atoms with van der Waals surface area (Å²) in [6.45, 7) is 2.77. The molecule has 0 spiro atoms. The fourth-order valence-electron chi connectivity index (χ4n) is 2.61. The summed E-state index contributed by atoms with van der Waals surface area (Å²) in [6.07, 6.45) is 6.74. The second-order valence-corrected chi connectivity index (χ2v) is 5.55. The first kappa shape index (κ1) is 14.3. The van der Waals surface area contributed by atoms with Crippen molar-refractivity contribution in [2.24, 2.45) is 5.92 Å². The van der Waals surface area contributed by atoms with E-state index in [0.29, 0.717) is 17.4 Å². The van der Waals surface area contributed by atoms with E-state index in [0.717, 1.165) is 44.5 Å². The summed E-state index contributed by atoms with van der Waals surface area (Å²) >= 11 is 6.11. The number of halogens is 1. The molecule has 1 saturated heterocycles.